The number of methoxy groups -OCH3 is 1. The van der Waals surface area contributed by atoms with Crippen LogP contribution in [0.2, 0.25) is 0 Å². The number of hydrogen-bond acceptors (Lipinski definition) is 5. The van der Waals surface area contributed by atoms with Crippen molar-refractivity contribution in [2.45, 2.75) is 24.1 Å². The molecule has 1 atom stereocenters. The van der Waals surface area contributed by atoms with E-state index in [1.54, 1.807) is 13.2 Å². The van der Waals surface area contributed by atoms with Gasteiger partial charge in [-0.1, -0.05) is 23.9 Å². The number of aryl methyl sites for hydroxylation is 1. The van der Waals surface area contributed by atoms with Gasteiger partial charge < -0.3 is 10.1 Å². The Labute approximate surface area is 128 Å². The van der Waals surface area contributed by atoms with Crippen molar-refractivity contribution in [1.29, 1.82) is 0 Å². The first-order valence-corrected chi connectivity index (χ1v) is 7.37. The number of nitrogens with one attached hydrogen (secondary N) is 1. The van der Waals surface area contributed by atoms with Crippen LogP contribution >= 0.6 is 11.8 Å². The van der Waals surface area contributed by atoms with Gasteiger partial charge in [-0.25, -0.2) is 9.97 Å². The Kier molecular flexibility index (Phi) is 5.16. The van der Waals surface area contributed by atoms with Crippen LogP contribution < -0.4 is 10.1 Å². The lowest BCUT2D eigenvalue weighted by Gasteiger charge is -2.13. The molecule has 0 aliphatic carbocycles. The molecule has 1 amide bonds. The van der Waals surface area contributed by atoms with Crippen LogP contribution in [0.15, 0.2) is 41.7 Å². The number of anilines is 1. The minimum atomic E-state index is -0.274. The molecular weight excluding hydrogens is 286 g/mol. The third kappa shape index (κ3) is 4.19. The van der Waals surface area contributed by atoms with Gasteiger partial charge in [0.05, 0.1) is 18.0 Å². The number of ether oxygens (including phenoxy) is 1. The predicted octanol–water partition coefficient (Wildman–Crippen LogP) is 2.91. The highest BCUT2D eigenvalue weighted by Gasteiger charge is 2.16. The Morgan fingerprint density at radius 3 is 2.81 bits per heavy atom. The number of carbonyl (C=O) groups is 1. The van der Waals surface area contributed by atoms with Crippen molar-refractivity contribution < 1.29 is 9.53 Å². The Balaban J connectivity index is 2.02. The lowest BCUT2D eigenvalue weighted by molar-refractivity contribution is -0.115. The van der Waals surface area contributed by atoms with Crippen LogP contribution in [-0.2, 0) is 4.79 Å². The maximum absolute atomic E-state index is 12.2. The summed E-state index contributed by atoms with van der Waals surface area (Å²) in [5, 5.41) is 3.38. The summed E-state index contributed by atoms with van der Waals surface area (Å²) in [4.78, 5) is 20.4. The standard InChI is InChI=1S/C15H17N3O2S/c1-10-8-14(17-9-16-10)21-11(2)15(19)18-12-6-4-5-7-13(12)20-3/h4-9,11H,1-3H3,(H,18,19). The molecule has 1 heterocycles. The highest BCUT2D eigenvalue weighted by molar-refractivity contribution is 8.00. The molecule has 2 rings (SSSR count). The maximum Gasteiger partial charge on any atom is 0.237 e. The van der Waals surface area contributed by atoms with Gasteiger partial charge >= 0.3 is 0 Å². The van der Waals surface area contributed by atoms with Crippen molar-refractivity contribution in [2.75, 3.05) is 12.4 Å². The fraction of sp³-hybridized carbons (Fsp3) is 0.267. The second-order valence-electron chi connectivity index (χ2n) is 4.45. The number of carbonyl (C=O) groups excluding carboxylic acids is 1. The summed E-state index contributed by atoms with van der Waals surface area (Å²) in [6, 6.07) is 9.18. The normalized spacial score (nSPS) is 11.8. The molecule has 1 unspecified atom stereocenters. The molecule has 0 bridgehead atoms. The largest absolute Gasteiger partial charge is 0.495 e. The monoisotopic (exact) mass is 303 g/mol. The van der Waals surface area contributed by atoms with E-state index >= 15 is 0 Å². The molecule has 0 spiro atoms. The molecule has 1 N–H and O–H groups in total. The average molecular weight is 303 g/mol. The summed E-state index contributed by atoms with van der Waals surface area (Å²) in [5.41, 5.74) is 1.54. The Bertz CT molecular complexity index is 634. The van der Waals surface area contributed by atoms with E-state index in [4.69, 9.17) is 4.74 Å². The minimum Gasteiger partial charge on any atom is -0.495 e. The van der Waals surface area contributed by atoms with E-state index in [-0.39, 0.29) is 11.2 Å². The van der Waals surface area contributed by atoms with E-state index in [2.05, 4.69) is 15.3 Å². The van der Waals surface area contributed by atoms with Gasteiger partial charge in [-0.05, 0) is 32.0 Å². The van der Waals surface area contributed by atoms with Crippen LogP contribution in [-0.4, -0.2) is 28.2 Å². The molecule has 0 saturated heterocycles. The third-order valence-electron chi connectivity index (χ3n) is 2.81. The van der Waals surface area contributed by atoms with Crippen molar-refractivity contribution in [3.8, 4) is 5.75 Å². The molecule has 0 aliphatic heterocycles. The van der Waals surface area contributed by atoms with Crippen molar-refractivity contribution in [3.05, 3.63) is 42.4 Å². The molecule has 1 aromatic carbocycles. The average Bonchev–Trinajstić information content (AvgIpc) is 2.47. The van der Waals surface area contributed by atoms with Crippen LogP contribution in [0.4, 0.5) is 5.69 Å². The third-order valence-corrected chi connectivity index (χ3v) is 3.84. The first-order chi connectivity index (χ1) is 10.1. The molecule has 5 nitrogen and oxygen atoms in total. The SMILES string of the molecule is COc1ccccc1NC(=O)C(C)Sc1cc(C)ncn1. The molecule has 1 aromatic heterocycles. The first kappa shape index (κ1) is 15.3. The maximum atomic E-state index is 12.2. The number of para-hydroxylation sites is 2. The molecule has 21 heavy (non-hydrogen) atoms. The van der Waals surface area contributed by atoms with Gasteiger partial charge in [-0.2, -0.15) is 0 Å². The van der Waals surface area contributed by atoms with E-state index in [0.29, 0.717) is 11.4 Å². The topological polar surface area (TPSA) is 64.1 Å². The zero-order chi connectivity index (χ0) is 15.2. The predicted molar refractivity (Wildman–Crippen MR) is 83.7 cm³/mol. The molecule has 0 aliphatic rings. The number of rotatable bonds is 5. The van der Waals surface area contributed by atoms with Crippen LogP contribution in [0.1, 0.15) is 12.6 Å². The van der Waals surface area contributed by atoms with Gasteiger partial charge in [0.15, 0.2) is 0 Å². The van der Waals surface area contributed by atoms with Gasteiger partial charge in [0.2, 0.25) is 5.91 Å². The van der Waals surface area contributed by atoms with Gasteiger partial charge in [0.25, 0.3) is 0 Å². The quantitative estimate of drug-likeness (QED) is 0.679. The van der Waals surface area contributed by atoms with E-state index < -0.39 is 0 Å². The second kappa shape index (κ2) is 7.08. The fourth-order valence-electron chi connectivity index (χ4n) is 1.71. The minimum absolute atomic E-state index is 0.0965. The van der Waals surface area contributed by atoms with Crippen molar-refractivity contribution in [2.24, 2.45) is 0 Å². The van der Waals surface area contributed by atoms with Crippen LogP contribution in [0.5, 0.6) is 5.75 Å². The van der Waals surface area contributed by atoms with Crippen molar-refractivity contribution in [3.63, 3.8) is 0 Å². The highest BCUT2D eigenvalue weighted by Crippen LogP contribution is 2.26. The molecule has 0 radical (unpaired) electrons. The number of benzene rings is 1. The molecule has 6 heteroatoms. The summed E-state index contributed by atoms with van der Waals surface area (Å²) in [6.07, 6.45) is 1.50. The fourth-order valence-corrected chi connectivity index (χ4v) is 2.59. The van der Waals surface area contributed by atoms with Crippen molar-refractivity contribution in [1.82, 2.24) is 9.97 Å². The summed E-state index contributed by atoms with van der Waals surface area (Å²) in [7, 11) is 1.58. The molecule has 0 fully saturated rings. The Hall–Kier alpha value is -2.08. The van der Waals surface area contributed by atoms with Gasteiger partial charge in [-0.3, -0.25) is 4.79 Å². The molecule has 2 aromatic rings. The summed E-state index contributed by atoms with van der Waals surface area (Å²) < 4.78 is 5.22. The van der Waals surface area contributed by atoms with E-state index in [0.717, 1.165) is 10.7 Å². The number of nitrogens with zero attached hydrogens (tertiary/aromatic N) is 2. The van der Waals surface area contributed by atoms with Gasteiger partial charge in [0.1, 0.15) is 17.1 Å². The summed E-state index contributed by atoms with van der Waals surface area (Å²) in [6.45, 7) is 3.73. The lowest BCUT2D eigenvalue weighted by atomic mass is 10.3. The lowest BCUT2D eigenvalue weighted by Crippen LogP contribution is -2.22. The summed E-state index contributed by atoms with van der Waals surface area (Å²) >= 11 is 1.39. The van der Waals surface area contributed by atoms with Crippen LogP contribution in [0.25, 0.3) is 0 Å². The van der Waals surface area contributed by atoms with Gasteiger partial charge in [-0.15, -0.1) is 0 Å². The number of thioether (sulfide) groups is 1. The van der Waals surface area contributed by atoms with Crippen LogP contribution in [0, 0.1) is 6.92 Å². The second-order valence-corrected chi connectivity index (χ2v) is 5.81. The van der Waals surface area contributed by atoms with Crippen molar-refractivity contribution >= 4 is 23.4 Å². The molecule has 0 saturated carbocycles. The number of aromatic nitrogens is 2. The van der Waals surface area contributed by atoms with E-state index in [9.17, 15) is 4.79 Å². The summed E-state index contributed by atoms with van der Waals surface area (Å²) in [5.74, 6) is 0.543. The zero-order valence-electron chi connectivity index (χ0n) is 12.2. The molecule has 110 valence electrons. The zero-order valence-corrected chi connectivity index (χ0v) is 13.0. The van der Waals surface area contributed by atoms with Crippen LogP contribution in [0.3, 0.4) is 0 Å². The Morgan fingerprint density at radius 2 is 2.10 bits per heavy atom. The van der Waals surface area contributed by atoms with E-state index in [1.165, 1.54) is 18.1 Å². The molecular formula is C15H17N3O2S. The smallest absolute Gasteiger partial charge is 0.237 e. The van der Waals surface area contributed by atoms with E-state index in [1.807, 2.05) is 38.1 Å². The Morgan fingerprint density at radius 1 is 1.33 bits per heavy atom. The highest BCUT2D eigenvalue weighted by atomic mass is 32.2. The van der Waals surface area contributed by atoms with Gasteiger partial charge in [0, 0.05) is 5.69 Å². The number of hydrogen-bond donors (Lipinski definition) is 1. The number of amides is 1. The first-order valence-electron chi connectivity index (χ1n) is 6.49.